The zero-order valence-corrected chi connectivity index (χ0v) is 3.64. The van der Waals surface area contributed by atoms with Gasteiger partial charge in [0.25, 0.3) is 0 Å². The summed E-state index contributed by atoms with van der Waals surface area (Å²) < 4.78 is 24.0. The molecule has 1 N–H and O–H groups in total. The Hall–Kier alpha value is -0.0800. The van der Waals surface area contributed by atoms with E-state index in [0.717, 1.165) is 0 Å². The van der Waals surface area contributed by atoms with Gasteiger partial charge < -0.3 is 9.84 Å². The monoisotopic (exact) mass is 93.1 g/mol. The lowest BCUT2D eigenvalue weighted by Crippen LogP contribution is -2.08. The molecule has 0 heterocycles. The Kier molecular flexibility index (Phi) is 1.19. The minimum atomic E-state index is -2.39. The maximum absolute atomic E-state index is 8.32. The van der Waals surface area contributed by atoms with E-state index in [1.807, 2.05) is 0 Å². The lowest BCUT2D eigenvalue weighted by atomic mass is 10.4. The highest BCUT2D eigenvalue weighted by Gasteiger charge is 1.90. The van der Waals surface area contributed by atoms with Crippen molar-refractivity contribution in [2.75, 3.05) is 13.6 Å². The third-order valence-electron chi connectivity index (χ3n) is 0.458. The summed E-state index contributed by atoms with van der Waals surface area (Å²) in [6.45, 7) is 1.23. The molecule has 6 heavy (non-hydrogen) atoms. The minimum Gasteiger partial charge on any atom is -0.394 e. The lowest BCUT2D eigenvalue weighted by molar-refractivity contribution is 0.0623. The van der Waals surface area contributed by atoms with E-state index in [-0.39, 0.29) is 6.61 Å². The fourth-order valence-electron chi connectivity index (χ4n) is 0.0373. The van der Waals surface area contributed by atoms with E-state index in [1.54, 1.807) is 0 Å². The largest absolute Gasteiger partial charge is 0.394 e. The summed E-state index contributed by atoms with van der Waals surface area (Å²) in [4.78, 5) is 0. The van der Waals surface area contributed by atoms with Crippen LogP contribution in [0.25, 0.3) is 0 Å². The Labute approximate surface area is 42.0 Å². The van der Waals surface area contributed by atoms with Crippen LogP contribution in [0, 0.1) is 0 Å². The zero-order valence-electron chi connectivity index (χ0n) is 6.64. The van der Waals surface area contributed by atoms with Crippen molar-refractivity contribution in [3.8, 4) is 0 Å². The predicted molar refractivity (Wildman–Crippen MR) is 23.6 cm³/mol. The third kappa shape index (κ3) is 2.18. The van der Waals surface area contributed by atoms with Crippen LogP contribution in [0.3, 0.4) is 0 Å². The molecule has 0 bridgehead atoms. The molecule has 1 atom stereocenters. The highest BCUT2D eigenvalue weighted by molar-refractivity contribution is 4.38. The van der Waals surface area contributed by atoms with Crippen molar-refractivity contribution >= 4 is 0 Å². The van der Waals surface area contributed by atoms with Crippen molar-refractivity contribution in [3.63, 3.8) is 0 Å². The quantitative estimate of drug-likeness (QED) is 0.521. The van der Waals surface area contributed by atoms with Crippen LogP contribution >= 0.6 is 0 Å². The first-order chi connectivity index (χ1) is 3.95. The summed E-state index contributed by atoms with van der Waals surface area (Å²) in [5, 5.41) is 8.32. The minimum absolute atomic E-state index is 0.265. The molecular weight excluding hydrogens is 80.0 g/mol. The van der Waals surface area contributed by atoms with Crippen LogP contribution < -0.4 is 0 Å². The molecule has 0 aromatic rings. The van der Waals surface area contributed by atoms with Gasteiger partial charge in [0.05, 0.1) is 16.8 Å². The molecule has 0 saturated heterocycles. The van der Waals surface area contributed by atoms with Crippen molar-refractivity contribution in [1.82, 2.24) is 0 Å². The van der Waals surface area contributed by atoms with Crippen LogP contribution in [0.4, 0.5) is 0 Å². The maximum atomic E-state index is 8.32. The Morgan fingerprint density at radius 1 is 2.17 bits per heavy atom. The SMILES string of the molecule is [2H]C([2H])([2H])O[C@H](C)CO. The standard InChI is InChI=1S/C4H10O2/c1-4(3-5)6-2/h4-5H,3H2,1-2H3/t4-/m1/s1/i2D3. The molecule has 0 spiro atoms. The summed E-state index contributed by atoms with van der Waals surface area (Å²) in [7, 11) is -2.39. The van der Waals surface area contributed by atoms with E-state index in [2.05, 4.69) is 4.74 Å². The molecule has 0 amide bonds. The average Bonchev–Trinajstić information content (AvgIpc) is 1.62. The van der Waals surface area contributed by atoms with Crippen LogP contribution in [-0.4, -0.2) is 24.9 Å². The molecule has 0 unspecified atom stereocenters. The molecule has 2 heteroatoms. The average molecular weight is 93.1 g/mol. The molecule has 0 fully saturated rings. The van der Waals surface area contributed by atoms with E-state index >= 15 is 0 Å². The number of ether oxygens (including phenoxy) is 1. The molecule has 0 radical (unpaired) electrons. The van der Waals surface area contributed by atoms with E-state index in [0.29, 0.717) is 0 Å². The van der Waals surface area contributed by atoms with Crippen molar-refractivity contribution in [2.24, 2.45) is 0 Å². The summed E-state index contributed by atoms with van der Waals surface area (Å²) in [5.74, 6) is 0. The fraction of sp³-hybridized carbons (Fsp3) is 1.00. The summed E-state index contributed by atoms with van der Waals surface area (Å²) in [6.07, 6.45) is -0.613. The third-order valence-corrected chi connectivity index (χ3v) is 0.458. The normalized spacial score (nSPS) is 24.0. The van der Waals surface area contributed by atoms with Gasteiger partial charge >= 0.3 is 0 Å². The Morgan fingerprint density at radius 3 is 3.00 bits per heavy atom. The highest BCUT2D eigenvalue weighted by atomic mass is 16.5. The van der Waals surface area contributed by atoms with Crippen molar-refractivity contribution in [1.29, 1.82) is 0 Å². The van der Waals surface area contributed by atoms with Gasteiger partial charge in [-0.2, -0.15) is 0 Å². The van der Waals surface area contributed by atoms with Crippen molar-refractivity contribution in [2.45, 2.75) is 13.0 Å². The second kappa shape index (κ2) is 3.12. The molecule has 38 valence electrons. The lowest BCUT2D eigenvalue weighted by Gasteiger charge is -2.00. The van der Waals surface area contributed by atoms with Crippen molar-refractivity contribution < 1.29 is 14.0 Å². The van der Waals surface area contributed by atoms with Crippen LogP contribution in [-0.2, 0) is 4.74 Å². The number of methoxy groups -OCH3 is 1. The molecular formula is C4H10O2. The van der Waals surface area contributed by atoms with Gasteiger partial charge in [-0.3, -0.25) is 0 Å². The number of hydrogen-bond acceptors (Lipinski definition) is 2. The van der Waals surface area contributed by atoms with Gasteiger partial charge in [-0.1, -0.05) is 0 Å². The topological polar surface area (TPSA) is 29.5 Å². The van der Waals surface area contributed by atoms with Crippen molar-refractivity contribution in [3.05, 3.63) is 0 Å². The molecule has 0 aromatic carbocycles. The van der Waals surface area contributed by atoms with Gasteiger partial charge in [-0.25, -0.2) is 0 Å². The van der Waals surface area contributed by atoms with Gasteiger partial charge in [0.1, 0.15) is 0 Å². The van der Waals surface area contributed by atoms with Crippen LogP contribution in [0.1, 0.15) is 11.0 Å². The first-order valence-electron chi connectivity index (χ1n) is 3.24. The maximum Gasteiger partial charge on any atom is 0.0773 e. The second-order valence-corrected chi connectivity index (χ2v) is 1.11. The molecule has 0 aliphatic heterocycles. The smallest absolute Gasteiger partial charge is 0.0773 e. The van der Waals surface area contributed by atoms with Gasteiger partial charge in [0.15, 0.2) is 0 Å². The molecule has 0 rings (SSSR count). The predicted octanol–water partition coefficient (Wildman–Crippen LogP) is 0.0136. The van der Waals surface area contributed by atoms with Gasteiger partial charge in [0, 0.05) is 7.04 Å². The number of rotatable bonds is 2. The second-order valence-electron chi connectivity index (χ2n) is 1.11. The molecule has 0 aliphatic carbocycles. The van der Waals surface area contributed by atoms with Gasteiger partial charge in [-0.15, -0.1) is 0 Å². The summed E-state index contributed by atoms with van der Waals surface area (Å²) >= 11 is 0. The molecule has 0 saturated carbocycles. The van der Waals surface area contributed by atoms with E-state index < -0.39 is 13.1 Å². The Balaban J connectivity index is 3.47. The van der Waals surface area contributed by atoms with Crippen LogP contribution in [0.2, 0.25) is 0 Å². The summed E-state index contributed by atoms with van der Waals surface area (Å²) in [6, 6.07) is 0. The molecule has 0 aliphatic rings. The van der Waals surface area contributed by atoms with E-state index in [1.165, 1.54) is 6.92 Å². The first kappa shape index (κ1) is 2.28. The fourth-order valence-corrected chi connectivity index (χ4v) is 0.0373. The van der Waals surface area contributed by atoms with E-state index in [9.17, 15) is 0 Å². The number of aliphatic hydroxyl groups excluding tert-OH is 1. The van der Waals surface area contributed by atoms with Gasteiger partial charge in [-0.05, 0) is 6.92 Å². The zero-order chi connectivity index (χ0) is 7.49. The highest BCUT2D eigenvalue weighted by Crippen LogP contribution is 1.80. The van der Waals surface area contributed by atoms with Gasteiger partial charge in [0.2, 0.25) is 0 Å². The van der Waals surface area contributed by atoms with Crippen LogP contribution in [0.5, 0.6) is 0 Å². The number of aliphatic hydroxyl groups is 1. The molecule has 2 nitrogen and oxygen atoms in total. The summed E-state index contributed by atoms with van der Waals surface area (Å²) in [5.41, 5.74) is 0. The van der Waals surface area contributed by atoms with Crippen LogP contribution in [0.15, 0.2) is 0 Å². The Bertz CT molecular complexity index is 80.4. The Morgan fingerprint density at radius 2 is 2.83 bits per heavy atom. The first-order valence-corrected chi connectivity index (χ1v) is 1.74. The number of hydrogen-bond donors (Lipinski definition) is 1. The molecule has 0 aromatic heterocycles. The van der Waals surface area contributed by atoms with E-state index in [4.69, 9.17) is 9.22 Å².